The number of para-hydroxylation sites is 1. The van der Waals surface area contributed by atoms with E-state index in [9.17, 15) is 4.79 Å². The first kappa shape index (κ1) is 16.9. The number of benzene rings is 1. The minimum atomic E-state index is -0.0369. The number of nitrogens with zero attached hydrogens (tertiary/aromatic N) is 2. The molecule has 0 bridgehead atoms. The van der Waals surface area contributed by atoms with Gasteiger partial charge in [-0.1, -0.05) is 24.4 Å². The Balaban J connectivity index is 1.91. The summed E-state index contributed by atoms with van der Waals surface area (Å²) in [5.41, 5.74) is 7.07. The van der Waals surface area contributed by atoms with E-state index < -0.39 is 0 Å². The number of nitrogens with one attached hydrogen (secondary N) is 1. The smallest absolute Gasteiger partial charge is 0.238 e. The molecule has 5 nitrogen and oxygen atoms in total. The maximum atomic E-state index is 12.3. The molecule has 22 heavy (non-hydrogen) atoms. The van der Waals surface area contributed by atoms with Crippen molar-refractivity contribution >= 4 is 28.8 Å². The van der Waals surface area contributed by atoms with Gasteiger partial charge in [0.25, 0.3) is 0 Å². The number of likely N-dealkylation sites (N-methyl/N-ethyl adjacent to an activating group) is 1. The van der Waals surface area contributed by atoms with Crippen molar-refractivity contribution in [3.8, 4) is 0 Å². The zero-order valence-corrected chi connectivity index (χ0v) is 14.0. The fourth-order valence-corrected chi connectivity index (χ4v) is 2.97. The number of rotatable bonds is 5. The van der Waals surface area contributed by atoms with Gasteiger partial charge in [0.05, 0.1) is 12.2 Å². The summed E-state index contributed by atoms with van der Waals surface area (Å²) in [7, 11) is 4.14. The zero-order valence-electron chi connectivity index (χ0n) is 13.2. The number of thiocarbonyl (C=S) groups is 1. The van der Waals surface area contributed by atoms with Crippen molar-refractivity contribution in [2.75, 3.05) is 39.0 Å². The highest BCUT2D eigenvalue weighted by molar-refractivity contribution is 7.80. The van der Waals surface area contributed by atoms with Gasteiger partial charge in [0, 0.05) is 11.6 Å². The molecule has 1 aliphatic heterocycles. The monoisotopic (exact) mass is 320 g/mol. The van der Waals surface area contributed by atoms with Gasteiger partial charge in [-0.25, -0.2) is 0 Å². The fourth-order valence-electron chi connectivity index (χ4n) is 2.79. The number of anilines is 1. The Hall–Kier alpha value is -1.50. The Morgan fingerprint density at radius 3 is 2.68 bits per heavy atom. The summed E-state index contributed by atoms with van der Waals surface area (Å²) in [5, 5.41) is 2.91. The van der Waals surface area contributed by atoms with Crippen LogP contribution in [0.4, 0.5) is 5.69 Å². The van der Waals surface area contributed by atoms with Gasteiger partial charge in [0.15, 0.2) is 0 Å². The Morgan fingerprint density at radius 1 is 1.41 bits per heavy atom. The van der Waals surface area contributed by atoms with Crippen molar-refractivity contribution in [1.29, 1.82) is 0 Å². The zero-order chi connectivity index (χ0) is 16.1. The van der Waals surface area contributed by atoms with Gasteiger partial charge in [0.1, 0.15) is 4.99 Å². The molecule has 0 unspecified atom stereocenters. The topological polar surface area (TPSA) is 61.6 Å². The SMILES string of the molecule is CN1CCC(N(C)CC(=O)Nc2ccccc2C(N)=S)CC1. The van der Waals surface area contributed by atoms with Gasteiger partial charge in [-0.2, -0.15) is 0 Å². The number of amides is 1. The predicted octanol–water partition coefficient (Wildman–Crippen LogP) is 1.29. The molecule has 0 aromatic heterocycles. The van der Waals surface area contributed by atoms with Gasteiger partial charge in [-0.05, 0) is 52.2 Å². The highest BCUT2D eigenvalue weighted by Gasteiger charge is 2.22. The van der Waals surface area contributed by atoms with Crippen molar-refractivity contribution in [1.82, 2.24) is 9.80 Å². The number of carbonyl (C=O) groups is 1. The summed E-state index contributed by atoms with van der Waals surface area (Å²) in [5.74, 6) is -0.0369. The third-order valence-corrected chi connectivity index (χ3v) is 4.39. The second-order valence-electron chi connectivity index (χ2n) is 5.91. The second kappa shape index (κ2) is 7.67. The first-order valence-electron chi connectivity index (χ1n) is 7.55. The number of nitrogens with two attached hydrogens (primary N) is 1. The minimum Gasteiger partial charge on any atom is -0.389 e. The van der Waals surface area contributed by atoms with Crippen molar-refractivity contribution in [3.63, 3.8) is 0 Å². The van der Waals surface area contributed by atoms with Gasteiger partial charge >= 0.3 is 0 Å². The second-order valence-corrected chi connectivity index (χ2v) is 6.35. The van der Waals surface area contributed by atoms with Crippen LogP contribution >= 0.6 is 12.2 Å². The fraction of sp³-hybridized carbons (Fsp3) is 0.500. The van der Waals surface area contributed by atoms with Gasteiger partial charge < -0.3 is 16.0 Å². The molecule has 1 aromatic rings. The summed E-state index contributed by atoms with van der Waals surface area (Å²) in [6.45, 7) is 2.54. The van der Waals surface area contributed by atoms with E-state index in [2.05, 4.69) is 22.2 Å². The summed E-state index contributed by atoms with van der Waals surface area (Å²) in [6.07, 6.45) is 2.20. The van der Waals surface area contributed by atoms with E-state index >= 15 is 0 Å². The largest absolute Gasteiger partial charge is 0.389 e. The summed E-state index contributed by atoms with van der Waals surface area (Å²) >= 11 is 5.02. The van der Waals surface area contributed by atoms with Crippen LogP contribution in [0, 0.1) is 0 Å². The summed E-state index contributed by atoms with van der Waals surface area (Å²) < 4.78 is 0. The number of likely N-dealkylation sites (tertiary alicyclic amines) is 1. The Bertz CT molecular complexity index is 541. The first-order valence-corrected chi connectivity index (χ1v) is 7.95. The predicted molar refractivity (Wildman–Crippen MR) is 94.1 cm³/mol. The quantitative estimate of drug-likeness (QED) is 0.801. The number of hydrogen-bond donors (Lipinski definition) is 2. The van der Waals surface area contributed by atoms with E-state index in [0.717, 1.165) is 25.9 Å². The molecule has 0 spiro atoms. The molecule has 1 aliphatic rings. The third-order valence-electron chi connectivity index (χ3n) is 4.17. The van der Waals surface area contributed by atoms with E-state index in [1.165, 1.54) is 0 Å². The van der Waals surface area contributed by atoms with Crippen LogP contribution in [-0.4, -0.2) is 60.5 Å². The van der Waals surface area contributed by atoms with E-state index in [0.29, 0.717) is 28.8 Å². The minimum absolute atomic E-state index is 0.0369. The molecule has 0 aliphatic carbocycles. The standard InChI is InChI=1S/C16H24N4OS/c1-19-9-7-12(8-10-19)20(2)11-15(21)18-14-6-4-3-5-13(14)16(17)22/h3-6,12H,7-11H2,1-2H3,(H2,17,22)(H,18,21). The van der Waals surface area contributed by atoms with Crippen molar-refractivity contribution in [2.45, 2.75) is 18.9 Å². The van der Waals surface area contributed by atoms with Crippen LogP contribution in [0.15, 0.2) is 24.3 Å². The van der Waals surface area contributed by atoms with Crippen molar-refractivity contribution in [3.05, 3.63) is 29.8 Å². The van der Waals surface area contributed by atoms with Crippen LogP contribution in [-0.2, 0) is 4.79 Å². The Labute approximate surface area is 137 Å². The molecule has 1 saturated heterocycles. The van der Waals surface area contributed by atoms with Gasteiger partial charge in [-0.3, -0.25) is 9.69 Å². The van der Waals surface area contributed by atoms with Crippen LogP contribution in [0.2, 0.25) is 0 Å². The third kappa shape index (κ3) is 4.50. The van der Waals surface area contributed by atoms with Crippen LogP contribution in [0.5, 0.6) is 0 Å². The molecule has 0 radical (unpaired) electrons. The molecule has 120 valence electrons. The average molecular weight is 320 g/mol. The lowest BCUT2D eigenvalue weighted by atomic mass is 10.0. The molecule has 2 rings (SSSR count). The normalized spacial score (nSPS) is 16.7. The van der Waals surface area contributed by atoms with E-state index in [1.54, 1.807) is 0 Å². The molecule has 0 atom stereocenters. The van der Waals surface area contributed by atoms with Crippen LogP contribution in [0.3, 0.4) is 0 Å². The lowest BCUT2D eigenvalue weighted by molar-refractivity contribution is -0.117. The number of carbonyl (C=O) groups excluding carboxylic acids is 1. The average Bonchev–Trinajstić information content (AvgIpc) is 2.48. The Morgan fingerprint density at radius 2 is 2.05 bits per heavy atom. The molecule has 3 N–H and O–H groups in total. The van der Waals surface area contributed by atoms with Crippen LogP contribution in [0.25, 0.3) is 0 Å². The first-order chi connectivity index (χ1) is 10.5. The van der Waals surface area contributed by atoms with Gasteiger partial charge in [0.2, 0.25) is 5.91 Å². The molecule has 1 amide bonds. The maximum absolute atomic E-state index is 12.3. The number of piperidine rings is 1. The number of hydrogen-bond acceptors (Lipinski definition) is 4. The van der Waals surface area contributed by atoms with E-state index in [1.807, 2.05) is 31.3 Å². The van der Waals surface area contributed by atoms with Crippen molar-refractivity contribution in [2.24, 2.45) is 5.73 Å². The lowest BCUT2D eigenvalue weighted by Gasteiger charge is -2.34. The lowest BCUT2D eigenvalue weighted by Crippen LogP contribution is -2.44. The Kier molecular flexibility index (Phi) is 5.88. The molecular weight excluding hydrogens is 296 g/mol. The molecule has 1 fully saturated rings. The maximum Gasteiger partial charge on any atom is 0.238 e. The summed E-state index contributed by atoms with van der Waals surface area (Å²) in [6, 6.07) is 7.82. The molecule has 0 saturated carbocycles. The highest BCUT2D eigenvalue weighted by atomic mass is 32.1. The van der Waals surface area contributed by atoms with Crippen LogP contribution in [0.1, 0.15) is 18.4 Å². The molecular formula is C16H24N4OS. The van der Waals surface area contributed by atoms with E-state index in [4.69, 9.17) is 18.0 Å². The molecule has 6 heteroatoms. The van der Waals surface area contributed by atoms with Crippen molar-refractivity contribution < 1.29 is 4.79 Å². The van der Waals surface area contributed by atoms with E-state index in [-0.39, 0.29) is 5.91 Å². The van der Waals surface area contributed by atoms with Gasteiger partial charge in [-0.15, -0.1) is 0 Å². The molecule has 1 heterocycles. The van der Waals surface area contributed by atoms with Crippen LogP contribution < -0.4 is 11.1 Å². The summed E-state index contributed by atoms with van der Waals surface area (Å²) in [4.78, 5) is 17.0. The molecule has 1 aromatic carbocycles. The highest BCUT2D eigenvalue weighted by Crippen LogP contribution is 2.16.